The molecule has 1 aliphatic rings. The van der Waals surface area contributed by atoms with Crippen LogP contribution >= 0.6 is 23.5 Å². The lowest BCUT2D eigenvalue weighted by Gasteiger charge is -2.06. The molecule has 8 nitrogen and oxygen atoms in total. The van der Waals surface area contributed by atoms with E-state index >= 15 is 0 Å². The Morgan fingerprint density at radius 1 is 1.42 bits per heavy atom. The number of hydrogen-bond acceptors (Lipinski definition) is 7. The molecule has 124 valence electrons. The lowest BCUT2D eigenvalue weighted by Crippen LogP contribution is -2.18. The SMILES string of the molecule is O=C(CSc1nc2c(c(=O)[nH]1)CSC2)Nc1ccccc1[N+](=O)[O-]. The molecule has 0 fully saturated rings. The molecule has 2 N–H and O–H groups in total. The first-order valence-corrected chi connectivity index (χ1v) is 9.04. The zero-order valence-corrected chi connectivity index (χ0v) is 13.9. The number of aromatic nitrogens is 2. The smallest absolute Gasteiger partial charge is 0.292 e. The second-order valence-corrected chi connectivity index (χ2v) is 6.85. The Hall–Kier alpha value is -2.33. The van der Waals surface area contributed by atoms with E-state index in [1.54, 1.807) is 17.8 Å². The zero-order chi connectivity index (χ0) is 17.1. The molecule has 2 heterocycles. The molecule has 1 aliphatic heterocycles. The van der Waals surface area contributed by atoms with Crippen LogP contribution in [0.1, 0.15) is 11.3 Å². The molecule has 0 unspecified atom stereocenters. The summed E-state index contributed by atoms with van der Waals surface area (Å²) in [6.45, 7) is 0. The van der Waals surface area contributed by atoms with E-state index in [2.05, 4.69) is 15.3 Å². The van der Waals surface area contributed by atoms with E-state index in [-0.39, 0.29) is 22.7 Å². The third-order valence-corrected chi connectivity index (χ3v) is 5.12. The standard InChI is InChI=1S/C14H12N4O4S2/c19-12(15-9-3-1-2-4-11(9)18(21)22)7-24-14-16-10-6-23-5-8(10)13(20)17-14/h1-4H,5-7H2,(H,15,19)(H,16,17,20). The second kappa shape index (κ2) is 7.05. The predicted octanol–water partition coefficient (Wildman–Crippen LogP) is 2.16. The zero-order valence-electron chi connectivity index (χ0n) is 12.3. The third-order valence-electron chi connectivity index (χ3n) is 3.28. The molecule has 0 atom stereocenters. The van der Waals surface area contributed by atoms with Crippen molar-refractivity contribution in [3.8, 4) is 0 Å². The summed E-state index contributed by atoms with van der Waals surface area (Å²) in [7, 11) is 0. The van der Waals surface area contributed by atoms with Crippen molar-refractivity contribution in [2.45, 2.75) is 16.7 Å². The van der Waals surface area contributed by atoms with Crippen LogP contribution in [0.25, 0.3) is 0 Å². The number of nitro benzene ring substituents is 1. The average molecular weight is 364 g/mol. The van der Waals surface area contributed by atoms with Gasteiger partial charge in [-0.15, -0.1) is 0 Å². The van der Waals surface area contributed by atoms with E-state index in [1.807, 2.05) is 0 Å². The van der Waals surface area contributed by atoms with Gasteiger partial charge in [0, 0.05) is 23.1 Å². The maximum Gasteiger partial charge on any atom is 0.292 e. The minimum absolute atomic E-state index is 0.0130. The highest BCUT2D eigenvalue weighted by Gasteiger charge is 2.19. The minimum atomic E-state index is -0.556. The van der Waals surface area contributed by atoms with E-state index < -0.39 is 10.8 Å². The van der Waals surface area contributed by atoms with Gasteiger partial charge in [0.2, 0.25) is 5.91 Å². The van der Waals surface area contributed by atoms with Crippen LogP contribution in [0.5, 0.6) is 0 Å². The Labute approximate surface area is 144 Å². The Morgan fingerprint density at radius 2 is 2.21 bits per heavy atom. The molecule has 0 saturated heterocycles. The summed E-state index contributed by atoms with van der Waals surface area (Å²) < 4.78 is 0. The molecule has 10 heteroatoms. The van der Waals surface area contributed by atoms with E-state index in [1.165, 1.54) is 18.2 Å². The van der Waals surface area contributed by atoms with E-state index in [9.17, 15) is 19.7 Å². The minimum Gasteiger partial charge on any atom is -0.320 e. The van der Waals surface area contributed by atoms with Gasteiger partial charge in [-0.25, -0.2) is 4.98 Å². The fourth-order valence-corrected chi connectivity index (χ4v) is 3.88. The normalized spacial score (nSPS) is 12.7. The fraction of sp³-hybridized carbons (Fsp3) is 0.214. The molecule has 0 spiro atoms. The fourth-order valence-electron chi connectivity index (χ4n) is 2.17. The number of carbonyl (C=O) groups excluding carboxylic acids is 1. The van der Waals surface area contributed by atoms with E-state index in [0.717, 1.165) is 17.5 Å². The van der Waals surface area contributed by atoms with Gasteiger partial charge < -0.3 is 10.3 Å². The molecular weight excluding hydrogens is 352 g/mol. The highest BCUT2D eigenvalue weighted by atomic mass is 32.2. The number of rotatable bonds is 5. The van der Waals surface area contributed by atoms with Crippen LogP contribution in [-0.2, 0) is 16.3 Å². The molecule has 2 aromatic rings. The largest absolute Gasteiger partial charge is 0.320 e. The first kappa shape index (κ1) is 16.5. The first-order valence-electron chi connectivity index (χ1n) is 6.90. The number of nitro groups is 1. The Morgan fingerprint density at radius 3 is 3.00 bits per heavy atom. The van der Waals surface area contributed by atoms with E-state index in [0.29, 0.717) is 22.2 Å². The number of thioether (sulfide) groups is 2. The van der Waals surface area contributed by atoms with E-state index in [4.69, 9.17) is 0 Å². The summed E-state index contributed by atoms with van der Waals surface area (Å²) in [4.78, 5) is 41.2. The lowest BCUT2D eigenvalue weighted by atomic mass is 10.2. The topological polar surface area (TPSA) is 118 Å². The summed E-state index contributed by atoms with van der Waals surface area (Å²) in [6.07, 6.45) is 0. The van der Waals surface area contributed by atoms with Gasteiger partial charge >= 0.3 is 0 Å². The molecule has 0 saturated carbocycles. The second-order valence-electron chi connectivity index (χ2n) is 4.90. The van der Waals surface area contributed by atoms with Crippen LogP contribution in [0, 0.1) is 10.1 Å². The van der Waals surface area contributed by atoms with Crippen LogP contribution in [0.4, 0.5) is 11.4 Å². The number of nitrogens with one attached hydrogen (secondary N) is 2. The number of aromatic amines is 1. The van der Waals surface area contributed by atoms with Gasteiger partial charge in [-0.3, -0.25) is 19.7 Å². The molecule has 24 heavy (non-hydrogen) atoms. The van der Waals surface area contributed by atoms with Crippen molar-refractivity contribution in [3.63, 3.8) is 0 Å². The van der Waals surface area contributed by atoms with Crippen LogP contribution in [-0.4, -0.2) is 26.6 Å². The number of fused-ring (bicyclic) bond motifs is 1. The van der Waals surface area contributed by atoms with Gasteiger partial charge in [-0.1, -0.05) is 23.9 Å². The molecule has 1 amide bonds. The molecular formula is C14H12N4O4S2. The van der Waals surface area contributed by atoms with Gasteiger partial charge in [0.1, 0.15) is 5.69 Å². The Balaban J connectivity index is 1.66. The highest BCUT2D eigenvalue weighted by molar-refractivity contribution is 7.99. The quantitative estimate of drug-likeness (QED) is 0.361. The van der Waals surface area contributed by atoms with Gasteiger partial charge in [0.15, 0.2) is 5.16 Å². The summed E-state index contributed by atoms with van der Waals surface area (Å²) in [5.74, 6) is 0.920. The number of para-hydroxylation sites is 2. The maximum atomic E-state index is 12.0. The average Bonchev–Trinajstić information content (AvgIpc) is 3.02. The molecule has 1 aromatic carbocycles. The Kier molecular flexibility index (Phi) is 4.86. The van der Waals surface area contributed by atoms with Crippen molar-refractivity contribution < 1.29 is 9.72 Å². The summed E-state index contributed by atoms with van der Waals surface area (Å²) >= 11 is 2.71. The molecule has 3 rings (SSSR count). The van der Waals surface area contributed by atoms with Gasteiger partial charge in [-0.05, 0) is 6.07 Å². The number of carbonyl (C=O) groups is 1. The molecule has 0 aliphatic carbocycles. The van der Waals surface area contributed by atoms with Crippen LogP contribution in [0.15, 0.2) is 34.2 Å². The number of benzene rings is 1. The van der Waals surface area contributed by atoms with Crippen LogP contribution in [0.3, 0.4) is 0 Å². The molecule has 1 aromatic heterocycles. The molecule has 0 bridgehead atoms. The first-order chi connectivity index (χ1) is 11.5. The number of nitrogens with zero attached hydrogens (tertiary/aromatic N) is 2. The van der Waals surface area contributed by atoms with Crippen molar-refractivity contribution in [3.05, 3.63) is 56.0 Å². The number of anilines is 1. The predicted molar refractivity (Wildman–Crippen MR) is 92.3 cm³/mol. The monoisotopic (exact) mass is 364 g/mol. The summed E-state index contributed by atoms with van der Waals surface area (Å²) in [5.41, 5.74) is 1.24. The van der Waals surface area contributed by atoms with Crippen LogP contribution < -0.4 is 10.9 Å². The van der Waals surface area contributed by atoms with Crippen molar-refractivity contribution in [2.75, 3.05) is 11.1 Å². The van der Waals surface area contributed by atoms with Crippen molar-refractivity contribution >= 4 is 40.8 Å². The van der Waals surface area contributed by atoms with Crippen LogP contribution in [0.2, 0.25) is 0 Å². The molecule has 0 radical (unpaired) electrons. The van der Waals surface area contributed by atoms with Crippen molar-refractivity contribution in [1.29, 1.82) is 0 Å². The van der Waals surface area contributed by atoms with Gasteiger partial charge in [0.25, 0.3) is 11.2 Å². The van der Waals surface area contributed by atoms with Crippen molar-refractivity contribution in [2.24, 2.45) is 0 Å². The third kappa shape index (κ3) is 3.60. The van der Waals surface area contributed by atoms with Gasteiger partial charge in [0.05, 0.1) is 16.4 Å². The summed E-state index contributed by atoms with van der Waals surface area (Å²) in [5, 5.41) is 13.8. The summed E-state index contributed by atoms with van der Waals surface area (Å²) in [6, 6.07) is 5.92. The van der Waals surface area contributed by atoms with Crippen molar-refractivity contribution in [1.82, 2.24) is 9.97 Å². The Bertz CT molecular complexity index is 868. The highest BCUT2D eigenvalue weighted by Crippen LogP contribution is 2.27. The number of H-pyrrole nitrogens is 1. The maximum absolute atomic E-state index is 12.0. The number of hydrogen-bond donors (Lipinski definition) is 2. The number of amides is 1. The van der Waals surface area contributed by atoms with Gasteiger partial charge in [-0.2, -0.15) is 11.8 Å². The lowest BCUT2D eigenvalue weighted by molar-refractivity contribution is -0.383.